The van der Waals surface area contributed by atoms with Crippen molar-refractivity contribution in [2.75, 3.05) is 6.54 Å². The summed E-state index contributed by atoms with van der Waals surface area (Å²) in [5, 5.41) is 3.25. The topological polar surface area (TPSA) is 15.3 Å². The summed E-state index contributed by atoms with van der Waals surface area (Å²) < 4.78 is 13.1. The molecule has 0 aromatic carbocycles. The van der Waals surface area contributed by atoms with Gasteiger partial charge in [0.05, 0.1) is 10.2 Å². The number of hydrogen-bond donors (Lipinski definition) is 1. The molecule has 0 amide bonds. The Morgan fingerprint density at radius 3 is 3.36 bits per heavy atom. The summed E-state index contributed by atoms with van der Waals surface area (Å²) in [6.07, 6.45) is 5.11. The van der Waals surface area contributed by atoms with E-state index >= 15 is 0 Å². The molecule has 4 heteroatoms. The smallest absolute Gasteiger partial charge is 0.138 e. The summed E-state index contributed by atoms with van der Waals surface area (Å²) in [6.45, 7) is 0.916. The van der Waals surface area contributed by atoms with Gasteiger partial charge in [0.1, 0.15) is 5.83 Å². The largest absolute Gasteiger partial charge is 0.343 e. The average Bonchev–Trinajstić information content (AvgIpc) is 2.33. The van der Waals surface area contributed by atoms with E-state index in [-0.39, 0.29) is 12.0 Å². The van der Waals surface area contributed by atoms with Crippen LogP contribution in [0.4, 0.5) is 4.39 Å². The zero-order chi connectivity index (χ0) is 7.84. The maximum Gasteiger partial charge on any atom is 0.138 e. The minimum absolute atomic E-state index is 0.161. The normalized spacial score (nSPS) is 35.5. The Morgan fingerprint density at radius 1 is 1.73 bits per heavy atom. The van der Waals surface area contributed by atoms with E-state index in [1.807, 2.05) is 11.0 Å². The fraction of sp³-hybridized carbons (Fsp3) is 0.429. The second kappa shape index (κ2) is 2.75. The molecule has 2 nitrogen and oxygen atoms in total. The van der Waals surface area contributed by atoms with Gasteiger partial charge in [0, 0.05) is 12.7 Å². The molecule has 2 aliphatic rings. The third-order valence-electron chi connectivity index (χ3n) is 1.85. The number of hydrogen-bond acceptors (Lipinski definition) is 2. The van der Waals surface area contributed by atoms with Crippen molar-refractivity contribution in [1.82, 2.24) is 10.2 Å². The van der Waals surface area contributed by atoms with E-state index in [9.17, 15) is 4.39 Å². The molecule has 0 spiro atoms. The maximum absolute atomic E-state index is 12.7. The molecule has 0 saturated carbocycles. The van der Waals surface area contributed by atoms with Gasteiger partial charge in [0.25, 0.3) is 0 Å². The maximum atomic E-state index is 12.7. The van der Waals surface area contributed by atoms with Crippen LogP contribution in [-0.2, 0) is 0 Å². The van der Waals surface area contributed by atoms with Crippen LogP contribution in [0.1, 0.15) is 0 Å². The van der Waals surface area contributed by atoms with Crippen molar-refractivity contribution in [2.45, 2.75) is 10.2 Å². The van der Waals surface area contributed by atoms with Crippen LogP contribution in [0.5, 0.6) is 0 Å². The van der Waals surface area contributed by atoms with Gasteiger partial charge in [-0.1, -0.05) is 22.6 Å². The molecule has 2 unspecified atom stereocenters. The molecule has 11 heavy (non-hydrogen) atoms. The van der Waals surface area contributed by atoms with Gasteiger partial charge >= 0.3 is 0 Å². The molecule has 0 aromatic rings. The minimum Gasteiger partial charge on any atom is -0.343 e. The molecule has 2 heterocycles. The molecule has 1 N–H and O–H groups in total. The Labute approximate surface area is 78.3 Å². The first-order chi connectivity index (χ1) is 5.27. The monoisotopic (exact) mass is 266 g/mol. The highest BCUT2D eigenvalue weighted by Crippen LogP contribution is 2.23. The first-order valence-corrected chi connectivity index (χ1v) is 4.72. The molecule has 1 fully saturated rings. The number of alkyl halides is 1. The van der Waals surface area contributed by atoms with E-state index < -0.39 is 0 Å². The van der Waals surface area contributed by atoms with Crippen LogP contribution in [-0.4, -0.2) is 21.7 Å². The van der Waals surface area contributed by atoms with Crippen LogP contribution in [0.2, 0.25) is 0 Å². The number of rotatable bonds is 0. The molecule has 2 aliphatic heterocycles. The standard InChI is InChI=1S/C7H8FIN2/c8-5-1-2-7-10-3-6(9)11(7)4-5/h1-2,4,6-7,10H,3H2. The number of nitrogens with zero attached hydrogens (tertiary/aromatic N) is 1. The second-order valence-corrected chi connectivity index (χ2v) is 4.05. The molecule has 1 saturated heterocycles. The van der Waals surface area contributed by atoms with Gasteiger partial charge in [-0.05, 0) is 12.2 Å². The van der Waals surface area contributed by atoms with Crippen LogP contribution in [0.25, 0.3) is 0 Å². The van der Waals surface area contributed by atoms with E-state index in [0.717, 1.165) is 6.54 Å². The lowest BCUT2D eigenvalue weighted by Crippen LogP contribution is -2.33. The third-order valence-corrected chi connectivity index (χ3v) is 2.93. The van der Waals surface area contributed by atoms with Gasteiger partial charge in [0.2, 0.25) is 0 Å². The summed E-state index contributed by atoms with van der Waals surface area (Å²) in [4.78, 5) is 1.98. The van der Waals surface area contributed by atoms with Crippen molar-refractivity contribution in [3.8, 4) is 0 Å². The van der Waals surface area contributed by atoms with Crippen LogP contribution >= 0.6 is 22.6 Å². The molecule has 0 aromatic heterocycles. The lowest BCUT2D eigenvalue weighted by Gasteiger charge is -2.24. The summed E-state index contributed by atoms with van der Waals surface area (Å²) in [6, 6.07) is 0. The molecule has 2 rings (SSSR count). The average molecular weight is 266 g/mol. The van der Waals surface area contributed by atoms with Gasteiger partial charge < -0.3 is 4.90 Å². The van der Waals surface area contributed by atoms with E-state index in [1.165, 1.54) is 6.08 Å². The van der Waals surface area contributed by atoms with E-state index in [4.69, 9.17) is 0 Å². The Morgan fingerprint density at radius 2 is 2.55 bits per heavy atom. The molecule has 0 radical (unpaired) electrons. The van der Waals surface area contributed by atoms with Crippen molar-refractivity contribution in [1.29, 1.82) is 0 Å². The van der Waals surface area contributed by atoms with Crippen LogP contribution < -0.4 is 5.32 Å². The highest BCUT2D eigenvalue weighted by atomic mass is 127. The van der Waals surface area contributed by atoms with Gasteiger partial charge in [-0.3, -0.25) is 5.32 Å². The predicted molar refractivity (Wildman–Crippen MR) is 49.8 cm³/mol. The van der Waals surface area contributed by atoms with E-state index in [1.54, 1.807) is 6.20 Å². The van der Waals surface area contributed by atoms with Gasteiger partial charge in [-0.25, -0.2) is 4.39 Å². The molecular weight excluding hydrogens is 258 g/mol. The second-order valence-electron chi connectivity index (χ2n) is 2.61. The first-order valence-electron chi connectivity index (χ1n) is 3.48. The van der Waals surface area contributed by atoms with E-state index in [2.05, 4.69) is 27.9 Å². The Hall–Kier alpha value is -0.100. The first kappa shape index (κ1) is 7.54. The Balaban J connectivity index is 2.22. The zero-order valence-electron chi connectivity index (χ0n) is 5.80. The fourth-order valence-electron chi connectivity index (χ4n) is 1.30. The lowest BCUT2D eigenvalue weighted by molar-refractivity contribution is 0.358. The fourth-order valence-corrected chi connectivity index (χ4v) is 2.06. The van der Waals surface area contributed by atoms with Crippen molar-refractivity contribution < 1.29 is 4.39 Å². The molecule has 60 valence electrons. The SMILES string of the molecule is FC1=CN2C(I)CNC2C=C1. The van der Waals surface area contributed by atoms with Crippen molar-refractivity contribution >= 4 is 22.6 Å². The van der Waals surface area contributed by atoms with Crippen LogP contribution in [0.15, 0.2) is 24.2 Å². The summed E-state index contributed by atoms with van der Waals surface area (Å²) in [7, 11) is 0. The summed E-state index contributed by atoms with van der Waals surface area (Å²) >= 11 is 2.29. The molecular formula is C7H8FIN2. The lowest BCUT2D eigenvalue weighted by atomic mass is 10.3. The van der Waals surface area contributed by atoms with Gasteiger partial charge in [0.15, 0.2) is 0 Å². The molecule has 0 bridgehead atoms. The number of fused-ring (bicyclic) bond motifs is 1. The summed E-state index contributed by atoms with van der Waals surface area (Å²) in [5.41, 5.74) is 0. The number of allylic oxidation sites excluding steroid dienone is 2. The molecule has 0 aliphatic carbocycles. The zero-order valence-corrected chi connectivity index (χ0v) is 7.95. The Kier molecular flexibility index (Phi) is 1.88. The van der Waals surface area contributed by atoms with E-state index in [0.29, 0.717) is 4.05 Å². The van der Waals surface area contributed by atoms with Crippen molar-refractivity contribution in [2.24, 2.45) is 0 Å². The van der Waals surface area contributed by atoms with Crippen LogP contribution in [0.3, 0.4) is 0 Å². The van der Waals surface area contributed by atoms with Gasteiger partial charge in [-0.2, -0.15) is 0 Å². The third kappa shape index (κ3) is 1.29. The number of halogens is 2. The van der Waals surface area contributed by atoms with Crippen molar-refractivity contribution in [3.63, 3.8) is 0 Å². The predicted octanol–water partition coefficient (Wildman–Crippen LogP) is 1.36. The number of nitrogens with one attached hydrogen (secondary N) is 1. The highest BCUT2D eigenvalue weighted by molar-refractivity contribution is 14.1. The quantitative estimate of drug-likeness (QED) is 0.404. The minimum atomic E-state index is -0.161. The Bertz CT molecular complexity index is 226. The van der Waals surface area contributed by atoms with Crippen LogP contribution in [0, 0.1) is 0 Å². The molecule has 2 atom stereocenters. The summed E-state index contributed by atoms with van der Waals surface area (Å²) in [5.74, 6) is -0.161. The van der Waals surface area contributed by atoms with Gasteiger partial charge in [-0.15, -0.1) is 0 Å². The van der Waals surface area contributed by atoms with Crippen molar-refractivity contribution in [3.05, 3.63) is 24.2 Å². The highest BCUT2D eigenvalue weighted by Gasteiger charge is 2.28.